The highest BCUT2D eigenvalue weighted by atomic mass is 35.5. The lowest BCUT2D eigenvalue weighted by molar-refractivity contribution is -0.148. The molecule has 0 aliphatic carbocycles. The third-order valence-corrected chi connectivity index (χ3v) is 4.57. The van der Waals surface area contributed by atoms with Gasteiger partial charge in [0, 0.05) is 6.04 Å². The molecule has 130 valence electrons. The molecule has 0 aromatic heterocycles. The van der Waals surface area contributed by atoms with Crippen molar-refractivity contribution in [1.29, 1.82) is 0 Å². The standard InChI is InChI=1S/C20H25NO2.ClH/c1-3-20(2,19(22)23)14-18(21)13-15-9-11-17(12-10-15)16-7-5-4-6-8-16;/h4-12,18H,3,13-14,21H2,1-2H3,(H,22,23);1H/t18-,20+;/m0./s1. The quantitative estimate of drug-likeness (QED) is 0.773. The molecule has 0 saturated carbocycles. The van der Waals surface area contributed by atoms with Crippen molar-refractivity contribution in [2.75, 3.05) is 0 Å². The van der Waals surface area contributed by atoms with E-state index in [0.29, 0.717) is 19.3 Å². The molecule has 0 amide bonds. The summed E-state index contributed by atoms with van der Waals surface area (Å²) in [5.41, 5.74) is 8.95. The van der Waals surface area contributed by atoms with E-state index in [1.165, 1.54) is 11.1 Å². The van der Waals surface area contributed by atoms with Gasteiger partial charge in [-0.05, 0) is 42.9 Å². The van der Waals surface area contributed by atoms with Crippen molar-refractivity contribution >= 4 is 18.4 Å². The van der Waals surface area contributed by atoms with E-state index in [2.05, 4.69) is 36.4 Å². The highest BCUT2D eigenvalue weighted by Crippen LogP contribution is 2.28. The maximum Gasteiger partial charge on any atom is 0.309 e. The van der Waals surface area contributed by atoms with Crippen molar-refractivity contribution in [2.24, 2.45) is 11.1 Å². The lowest BCUT2D eigenvalue weighted by Gasteiger charge is -2.26. The first-order valence-electron chi connectivity index (χ1n) is 8.08. The smallest absolute Gasteiger partial charge is 0.309 e. The molecule has 0 aliphatic rings. The molecule has 3 N–H and O–H groups in total. The van der Waals surface area contributed by atoms with Gasteiger partial charge in [0.2, 0.25) is 0 Å². The largest absolute Gasteiger partial charge is 0.481 e. The number of aliphatic carboxylic acids is 1. The maximum atomic E-state index is 11.4. The third kappa shape index (κ3) is 5.08. The average molecular weight is 348 g/mol. The van der Waals surface area contributed by atoms with Crippen molar-refractivity contribution in [3.05, 3.63) is 60.2 Å². The van der Waals surface area contributed by atoms with Gasteiger partial charge in [-0.3, -0.25) is 4.79 Å². The molecule has 2 aromatic carbocycles. The fourth-order valence-electron chi connectivity index (χ4n) is 2.80. The number of nitrogens with two attached hydrogens (primary N) is 1. The van der Waals surface area contributed by atoms with Gasteiger partial charge in [-0.15, -0.1) is 12.4 Å². The van der Waals surface area contributed by atoms with E-state index in [-0.39, 0.29) is 18.4 Å². The first-order chi connectivity index (χ1) is 10.9. The minimum atomic E-state index is -0.769. The molecule has 3 nitrogen and oxygen atoms in total. The van der Waals surface area contributed by atoms with Crippen molar-refractivity contribution in [3.63, 3.8) is 0 Å². The van der Waals surface area contributed by atoms with Gasteiger partial charge in [-0.1, -0.05) is 61.5 Å². The first kappa shape index (κ1) is 20.2. The summed E-state index contributed by atoms with van der Waals surface area (Å²) in [5, 5.41) is 9.35. The topological polar surface area (TPSA) is 63.3 Å². The van der Waals surface area contributed by atoms with E-state index >= 15 is 0 Å². The molecule has 0 fully saturated rings. The summed E-state index contributed by atoms with van der Waals surface area (Å²) in [6.07, 6.45) is 1.76. The van der Waals surface area contributed by atoms with Crippen LogP contribution in [0.3, 0.4) is 0 Å². The molecule has 24 heavy (non-hydrogen) atoms. The minimum Gasteiger partial charge on any atom is -0.481 e. The van der Waals surface area contributed by atoms with Crippen LogP contribution in [-0.2, 0) is 11.2 Å². The Morgan fingerprint density at radius 1 is 1.08 bits per heavy atom. The predicted molar refractivity (Wildman–Crippen MR) is 101 cm³/mol. The zero-order valence-electron chi connectivity index (χ0n) is 14.2. The van der Waals surface area contributed by atoms with E-state index < -0.39 is 11.4 Å². The fourth-order valence-corrected chi connectivity index (χ4v) is 2.80. The summed E-state index contributed by atoms with van der Waals surface area (Å²) in [6.45, 7) is 3.67. The Kier molecular flexibility index (Phi) is 7.46. The Bertz CT molecular complexity index is 642. The number of hydrogen-bond donors (Lipinski definition) is 2. The van der Waals surface area contributed by atoms with Crippen LogP contribution in [0.1, 0.15) is 32.3 Å². The molecule has 0 heterocycles. The third-order valence-electron chi connectivity index (χ3n) is 4.57. The molecule has 4 heteroatoms. The van der Waals surface area contributed by atoms with E-state index in [1.807, 2.05) is 25.1 Å². The average Bonchev–Trinajstić information content (AvgIpc) is 2.56. The second-order valence-corrected chi connectivity index (χ2v) is 6.45. The number of hydrogen-bond acceptors (Lipinski definition) is 2. The lowest BCUT2D eigenvalue weighted by Crippen LogP contribution is -2.36. The molecular weight excluding hydrogens is 322 g/mol. The zero-order valence-corrected chi connectivity index (χ0v) is 15.1. The summed E-state index contributed by atoms with van der Waals surface area (Å²) in [5.74, 6) is -0.769. The van der Waals surface area contributed by atoms with Gasteiger partial charge in [0.1, 0.15) is 0 Å². The lowest BCUT2D eigenvalue weighted by atomic mass is 9.80. The van der Waals surface area contributed by atoms with Crippen LogP contribution in [0.5, 0.6) is 0 Å². The Morgan fingerprint density at radius 2 is 1.62 bits per heavy atom. The minimum absolute atomic E-state index is 0. The van der Waals surface area contributed by atoms with Crippen LogP contribution in [0, 0.1) is 5.41 Å². The molecule has 0 unspecified atom stereocenters. The summed E-state index contributed by atoms with van der Waals surface area (Å²) in [6, 6.07) is 18.4. The normalized spacial score (nSPS) is 14.3. The van der Waals surface area contributed by atoms with Gasteiger partial charge in [-0.2, -0.15) is 0 Å². The SMILES string of the molecule is CC[C@](C)(C[C@@H](N)Cc1ccc(-c2ccccc2)cc1)C(=O)O.Cl. The van der Waals surface area contributed by atoms with Crippen LogP contribution in [-0.4, -0.2) is 17.1 Å². The first-order valence-corrected chi connectivity index (χ1v) is 8.08. The van der Waals surface area contributed by atoms with Crippen LogP contribution in [0.15, 0.2) is 54.6 Å². The van der Waals surface area contributed by atoms with E-state index in [4.69, 9.17) is 5.73 Å². The van der Waals surface area contributed by atoms with Crippen molar-refractivity contribution in [2.45, 2.75) is 39.2 Å². The Hall–Kier alpha value is -1.84. The summed E-state index contributed by atoms with van der Waals surface area (Å²) >= 11 is 0. The number of carbonyl (C=O) groups is 1. The van der Waals surface area contributed by atoms with Gasteiger partial charge in [0.05, 0.1) is 5.41 Å². The Balaban J connectivity index is 0.00000288. The van der Waals surface area contributed by atoms with E-state index in [0.717, 1.165) is 5.56 Å². The van der Waals surface area contributed by atoms with Gasteiger partial charge in [-0.25, -0.2) is 0 Å². The maximum absolute atomic E-state index is 11.4. The number of rotatable bonds is 7. The second kappa shape index (κ2) is 8.86. The molecular formula is C20H26ClNO2. The van der Waals surface area contributed by atoms with Crippen LogP contribution in [0.2, 0.25) is 0 Å². The number of carboxylic acids is 1. The van der Waals surface area contributed by atoms with Gasteiger partial charge in [0.25, 0.3) is 0 Å². The van der Waals surface area contributed by atoms with Crippen LogP contribution < -0.4 is 5.73 Å². The molecule has 0 radical (unpaired) electrons. The van der Waals surface area contributed by atoms with Crippen molar-refractivity contribution in [3.8, 4) is 11.1 Å². The second-order valence-electron chi connectivity index (χ2n) is 6.45. The summed E-state index contributed by atoms with van der Waals surface area (Å²) in [4.78, 5) is 11.4. The van der Waals surface area contributed by atoms with Crippen LogP contribution in [0.4, 0.5) is 0 Å². The summed E-state index contributed by atoms with van der Waals surface area (Å²) in [7, 11) is 0. The van der Waals surface area contributed by atoms with Crippen LogP contribution in [0.25, 0.3) is 11.1 Å². The van der Waals surface area contributed by atoms with Gasteiger partial charge < -0.3 is 10.8 Å². The van der Waals surface area contributed by atoms with E-state index in [9.17, 15) is 9.90 Å². The number of benzene rings is 2. The molecule has 2 atom stereocenters. The van der Waals surface area contributed by atoms with Gasteiger partial charge >= 0.3 is 5.97 Å². The van der Waals surface area contributed by atoms with Crippen molar-refractivity contribution < 1.29 is 9.90 Å². The fraction of sp³-hybridized carbons (Fsp3) is 0.350. The molecule has 0 bridgehead atoms. The number of halogens is 1. The molecule has 0 saturated heterocycles. The van der Waals surface area contributed by atoms with Gasteiger partial charge in [0.15, 0.2) is 0 Å². The summed E-state index contributed by atoms with van der Waals surface area (Å²) < 4.78 is 0. The predicted octanol–water partition coefficient (Wildman–Crippen LogP) is 4.54. The Morgan fingerprint density at radius 3 is 2.12 bits per heavy atom. The molecule has 2 rings (SSSR count). The highest BCUT2D eigenvalue weighted by Gasteiger charge is 2.32. The monoisotopic (exact) mass is 347 g/mol. The van der Waals surface area contributed by atoms with E-state index in [1.54, 1.807) is 6.92 Å². The van der Waals surface area contributed by atoms with Crippen molar-refractivity contribution in [1.82, 2.24) is 0 Å². The highest BCUT2D eigenvalue weighted by molar-refractivity contribution is 5.85. The molecule has 0 aliphatic heterocycles. The Labute approximate surface area is 150 Å². The van der Waals surface area contributed by atoms with Crippen LogP contribution >= 0.6 is 12.4 Å². The molecule has 2 aromatic rings. The molecule has 0 spiro atoms. The zero-order chi connectivity index (χ0) is 16.9. The number of carboxylic acid groups (broad SMARTS) is 1.